The molecule has 0 spiro atoms. The fourth-order valence-electron chi connectivity index (χ4n) is 3.64. The van der Waals surface area contributed by atoms with Crippen LogP contribution in [-0.2, 0) is 29.0 Å². The number of rotatable bonds is 9. The van der Waals surface area contributed by atoms with E-state index in [0.29, 0.717) is 24.4 Å². The molecule has 1 N–H and O–H groups in total. The highest BCUT2D eigenvalue weighted by molar-refractivity contribution is 9.10. The van der Waals surface area contributed by atoms with E-state index in [2.05, 4.69) is 21.2 Å². The number of carbonyl (C=O) groups is 2. The first-order valence-electron chi connectivity index (χ1n) is 10.5. The summed E-state index contributed by atoms with van der Waals surface area (Å²) >= 11 is 9.78. The van der Waals surface area contributed by atoms with E-state index in [4.69, 9.17) is 11.6 Å². The number of nitrogens with zero attached hydrogens (tertiary/aromatic N) is 1. The zero-order valence-electron chi connectivity index (χ0n) is 17.9. The maximum absolute atomic E-state index is 13.5. The summed E-state index contributed by atoms with van der Waals surface area (Å²) in [5.74, 6) is -0.274. The van der Waals surface area contributed by atoms with Crippen molar-refractivity contribution >= 4 is 39.3 Å². The molecule has 1 atom stereocenters. The molecule has 0 heterocycles. The van der Waals surface area contributed by atoms with Crippen LogP contribution in [0.25, 0.3) is 0 Å². The summed E-state index contributed by atoms with van der Waals surface area (Å²) in [6, 6.07) is 24.5. The number of halogens is 2. The zero-order chi connectivity index (χ0) is 22.9. The van der Waals surface area contributed by atoms with Crippen molar-refractivity contribution in [1.82, 2.24) is 10.2 Å². The molecule has 0 saturated heterocycles. The lowest BCUT2D eigenvalue weighted by Gasteiger charge is -2.31. The van der Waals surface area contributed by atoms with Crippen LogP contribution in [0, 0.1) is 0 Å². The predicted octanol–water partition coefficient (Wildman–Crippen LogP) is 5.42. The molecule has 3 aromatic rings. The van der Waals surface area contributed by atoms with Crippen LogP contribution in [0.2, 0.25) is 5.02 Å². The molecule has 0 fully saturated rings. The highest BCUT2D eigenvalue weighted by Crippen LogP contribution is 2.21. The second-order valence-corrected chi connectivity index (χ2v) is 8.89. The van der Waals surface area contributed by atoms with Crippen LogP contribution in [0.4, 0.5) is 0 Å². The van der Waals surface area contributed by atoms with Gasteiger partial charge in [0.15, 0.2) is 0 Å². The van der Waals surface area contributed by atoms with Gasteiger partial charge in [-0.15, -0.1) is 0 Å². The average molecular weight is 514 g/mol. The summed E-state index contributed by atoms with van der Waals surface area (Å²) in [4.78, 5) is 28.1. The summed E-state index contributed by atoms with van der Waals surface area (Å²) in [5, 5.41) is 3.38. The molecule has 166 valence electrons. The van der Waals surface area contributed by atoms with Gasteiger partial charge in [0.05, 0.1) is 0 Å². The minimum Gasteiger partial charge on any atom is -0.357 e. The fourth-order valence-corrected chi connectivity index (χ4v) is 4.32. The van der Waals surface area contributed by atoms with Crippen LogP contribution in [0.15, 0.2) is 83.3 Å². The van der Waals surface area contributed by atoms with Gasteiger partial charge in [-0.1, -0.05) is 88.2 Å². The van der Waals surface area contributed by atoms with Crippen molar-refractivity contribution in [3.05, 3.63) is 105 Å². The molecule has 0 aliphatic carbocycles. The molecule has 3 rings (SSSR count). The van der Waals surface area contributed by atoms with Crippen molar-refractivity contribution in [2.75, 3.05) is 7.05 Å². The standard InChI is InChI=1S/C26H26BrClN2O2/c1-29-26(32)24(17-19-8-3-2-4-9-19)30(18-20-10-7-12-22(27)16-20)25(31)15-14-21-11-5-6-13-23(21)28/h2-13,16,24H,14-15,17-18H2,1H3,(H,29,32)/t24-/m1/s1. The second kappa shape index (κ2) is 11.8. The Kier molecular flexibility index (Phi) is 8.89. The van der Waals surface area contributed by atoms with Crippen LogP contribution in [-0.4, -0.2) is 29.8 Å². The van der Waals surface area contributed by atoms with E-state index in [1.54, 1.807) is 11.9 Å². The van der Waals surface area contributed by atoms with Gasteiger partial charge in [-0.05, 0) is 41.3 Å². The number of nitrogens with one attached hydrogen (secondary N) is 1. The Balaban J connectivity index is 1.88. The Morgan fingerprint density at radius 1 is 0.969 bits per heavy atom. The van der Waals surface area contributed by atoms with Crippen molar-refractivity contribution in [3.63, 3.8) is 0 Å². The first-order chi connectivity index (χ1) is 15.5. The van der Waals surface area contributed by atoms with Gasteiger partial charge in [-0.25, -0.2) is 0 Å². The van der Waals surface area contributed by atoms with Gasteiger partial charge in [0.1, 0.15) is 6.04 Å². The number of hydrogen-bond acceptors (Lipinski definition) is 2. The average Bonchev–Trinajstić information content (AvgIpc) is 2.81. The first-order valence-corrected chi connectivity index (χ1v) is 11.7. The quantitative estimate of drug-likeness (QED) is 0.415. The maximum atomic E-state index is 13.5. The summed E-state index contributed by atoms with van der Waals surface area (Å²) < 4.78 is 0.929. The van der Waals surface area contributed by atoms with Gasteiger partial charge in [0.25, 0.3) is 0 Å². The van der Waals surface area contributed by atoms with Gasteiger partial charge >= 0.3 is 0 Å². The minimum absolute atomic E-state index is 0.0885. The topological polar surface area (TPSA) is 49.4 Å². The molecule has 0 unspecified atom stereocenters. The van der Waals surface area contributed by atoms with Crippen molar-refractivity contribution in [2.45, 2.75) is 31.8 Å². The van der Waals surface area contributed by atoms with Crippen LogP contribution in [0.5, 0.6) is 0 Å². The van der Waals surface area contributed by atoms with Crippen LogP contribution in [0.3, 0.4) is 0 Å². The molecule has 4 nitrogen and oxygen atoms in total. The number of benzene rings is 3. The van der Waals surface area contributed by atoms with Gasteiger partial charge in [0, 0.05) is 35.9 Å². The Bertz CT molecular complexity index is 1060. The van der Waals surface area contributed by atoms with E-state index in [0.717, 1.165) is 21.2 Å². The molecule has 32 heavy (non-hydrogen) atoms. The molecule has 3 aromatic carbocycles. The molecule has 0 aliphatic rings. The largest absolute Gasteiger partial charge is 0.357 e. The maximum Gasteiger partial charge on any atom is 0.242 e. The highest BCUT2D eigenvalue weighted by Gasteiger charge is 2.29. The van der Waals surface area contributed by atoms with Crippen molar-refractivity contribution < 1.29 is 9.59 Å². The smallest absolute Gasteiger partial charge is 0.242 e. The van der Waals surface area contributed by atoms with Crippen molar-refractivity contribution in [2.24, 2.45) is 0 Å². The van der Waals surface area contributed by atoms with E-state index >= 15 is 0 Å². The van der Waals surface area contributed by atoms with Gasteiger partial charge in [-0.2, -0.15) is 0 Å². The third-order valence-electron chi connectivity index (χ3n) is 5.33. The second-order valence-electron chi connectivity index (χ2n) is 7.56. The Morgan fingerprint density at radius 3 is 2.34 bits per heavy atom. The van der Waals surface area contributed by atoms with E-state index in [-0.39, 0.29) is 18.2 Å². The summed E-state index contributed by atoms with van der Waals surface area (Å²) in [7, 11) is 1.60. The van der Waals surface area contributed by atoms with Crippen molar-refractivity contribution in [3.8, 4) is 0 Å². The molecular formula is C26H26BrClN2O2. The Hall–Kier alpha value is -2.63. The number of carbonyl (C=O) groups excluding carboxylic acids is 2. The number of likely N-dealkylation sites (N-methyl/N-ethyl adjacent to an activating group) is 1. The van der Waals surface area contributed by atoms with E-state index in [1.807, 2.05) is 78.9 Å². The molecule has 2 amide bonds. The van der Waals surface area contributed by atoms with E-state index in [1.165, 1.54) is 0 Å². The SMILES string of the molecule is CNC(=O)[C@@H](Cc1ccccc1)N(Cc1cccc(Br)c1)C(=O)CCc1ccccc1Cl. The van der Waals surface area contributed by atoms with Crippen LogP contribution >= 0.6 is 27.5 Å². The molecule has 6 heteroatoms. The molecule has 0 aromatic heterocycles. The first kappa shape index (κ1) is 24.0. The Morgan fingerprint density at radius 2 is 1.66 bits per heavy atom. The highest BCUT2D eigenvalue weighted by atomic mass is 79.9. The third kappa shape index (κ3) is 6.68. The number of aryl methyl sites for hydroxylation is 1. The lowest BCUT2D eigenvalue weighted by Crippen LogP contribution is -2.49. The predicted molar refractivity (Wildman–Crippen MR) is 132 cm³/mol. The van der Waals surface area contributed by atoms with Gasteiger partial charge in [-0.3, -0.25) is 9.59 Å². The number of hydrogen-bond donors (Lipinski definition) is 1. The van der Waals surface area contributed by atoms with E-state index < -0.39 is 6.04 Å². The van der Waals surface area contributed by atoms with E-state index in [9.17, 15) is 9.59 Å². The Labute approximate surface area is 202 Å². The summed E-state index contributed by atoms with van der Waals surface area (Å²) in [6.45, 7) is 0.339. The fraction of sp³-hybridized carbons (Fsp3) is 0.231. The van der Waals surface area contributed by atoms with Gasteiger partial charge < -0.3 is 10.2 Å². The molecular weight excluding hydrogens is 488 g/mol. The monoisotopic (exact) mass is 512 g/mol. The summed E-state index contributed by atoms with van der Waals surface area (Å²) in [6.07, 6.45) is 1.21. The third-order valence-corrected chi connectivity index (χ3v) is 6.19. The molecule has 0 aliphatic heterocycles. The lowest BCUT2D eigenvalue weighted by atomic mass is 10.0. The van der Waals surface area contributed by atoms with Crippen LogP contribution in [0.1, 0.15) is 23.1 Å². The normalized spacial score (nSPS) is 11.6. The lowest BCUT2D eigenvalue weighted by molar-refractivity contribution is -0.141. The van der Waals surface area contributed by atoms with Crippen LogP contribution < -0.4 is 5.32 Å². The van der Waals surface area contributed by atoms with Crippen molar-refractivity contribution in [1.29, 1.82) is 0 Å². The summed E-state index contributed by atoms with van der Waals surface area (Å²) in [5.41, 5.74) is 2.87. The van der Waals surface area contributed by atoms with Gasteiger partial charge in [0.2, 0.25) is 11.8 Å². The minimum atomic E-state index is -0.625. The molecule has 0 saturated carbocycles. The molecule has 0 bridgehead atoms. The molecule has 0 radical (unpaired) electrons. The zero-order valence-corrected chi connectivity index (χ0v) is 20.3. The number of amides is 2.